The third-order valence-electron chi connectivity index (χ3n) is 3.72. The fourth-order valence-corrected chi connectivity index (χ4v) is 2.84. The second kappa shape index (κ2) is 7.14. The van der Waals surface area contributed by atoms with Crippen molar-refractivity contribution < 1.29 is 9.47 Å². The van der Waals surface area contributed by atoms with E-state index in [1.165, 1.54) is 12.0 Å². The number of nitrogens with zero attached hydrogens (tertiary/aromatic N) is 1. The lowest BCUT2D eigenvalue weighted by atomic mass is 10.0. The van der Waals surface area contributed by atoms with Gasteiger partial charge in [-0.15, -0.1) is 0 Å². The van der Waals surface area contributed by atoms with Gasteiger partial charge >= 0.3 is 0 Å². The number of fused-ring (bicyclic) bond motifs is 1. The SMILES string of the molecule is CC(C)CC(CN(C)C)NC(C)c1ccc2c(c1)OCO2. The van der Waals surface area contributed by atoms with Crippen molar-refractivity contribution in [2.75, 3.05) is 27.4 Å². The highest BCUT2D eigenvalue weighted by atomic mass is 16.7. The second-order valence-corrected chi connectivity index (χ2v) is 6.59. The fraction of sp³-hybridized carbons (Fsp3) is 0.647. The van der Waals surface area contributed by atoms with E-state index in [0.717, 1.165) is 18.0 Å². The molecular weight excluding hydrogens is 264 g/mol. The topological polar surface area (TPSA) is 33.7 Å². The molecule has 2 rings (SSSR count). The van der Waals surface area contributed by atoms with Crippen LogP contribution in [0.5, 0.6) is 11.5 Å². The van der Waals surface area contributed by atoms with Gasteiger partial charge in [0.1, 0.15) is 0 Å². The molecule has 21 heavy (non-hydrogen) atoms. The molecule has 1 heterocycles. The summed E-state index contributed by atoms with van der Waals surface area (Å²) in [5.74, 6) is 2.39. The van der Waals surface area contributed by atoms with Crippen LogP contribution in [-0.4, -0.2) is 38.4 Å². The van der Waals surface area contributed by atoms with E-state index in [2.05, 4.69) is 57.2 Å². The van der Waals surface area contributed by atoms with Crippen LogP contribution in [0.15, 0.2) is 18.2 Å². The van der Waals surface area contributed by atoms with E-state index in [1.807, 2.05) is 6.07 Å². The first-order chi connectivity index (χ1) is 9.95. The Kier molecular flexibility index (Phi) is 5.48. The zero-order valence-corrected chi connectivity index (χ0v) is 13.8. The molecule has 118 valence electrons. The lowest BCUT2D eigenvalue weighted by molar-refractivity contribution is 0.174. The molecular formula is C17H28N2O2. The van der Waals surface area contributed by atoms with Gasteiger partial charge in [0.25, 0.3) is 0 Å². The minimum absolute atomic E-state index is 0.295. The molecule has 4 nitrogen and oxygen atoms in total. The van der Waals surface area contributed by atoms with Gasteiger partial charge in [0.15, 0.2) is 11.5 Å². The van der Waals surface area contributed by atoms with Crippen LogP contribution in [0.4, 0.5) is 0 Å². The summed E-state index contributed by atoms with van der Waals surface area (Å²) in [5.41, 5.74) is 1.24. The summed E-state index contributed by atoms with van der Waals surface area (Å²) in [6, 6.07) is 6.98. The number of benzene rings is 1. The molecule has 2 atom stereocenters. The molecule has 1 aliphatic heterocycles. The van der Waals surface area contributed by atoms with Crippen molar-refractivity contribution in [1.82, 2.24) is 10.2 Å². The Hall–Kier alpha value is -1.26. The van der Waals surface area contributed by atoms with Gasteiger partial charge in [-0.2, -0.15) is 0 Å². The first-order valence-electron chi connectivity index (χ1n) is 7.76. The zero-order valence-electron chi connectivity index (χ0n) is 13.8. The van der Waals surface area contributed by atoms with Gasteiger partial charge in [0.2, 0.25) is 6.79 Å². The number of hydrogen-bond acceptors (Lipinski definition) is 4. The van der Waals surface area contributed by atoms with Crippen LogP contribution >= 0.6 is 0 Å². The highest BCUT2D eigenvalue weighted by Gasteiger charge is 2.19. The summed E-state index contributed by atoms with van der Waals surface area (Å²) in [7, 11) is 4.25. The van der Waals surface area contributed by atoms with Gasteiger partial charge in [0.05, 0.1) is 0 Å². The maximum absolute atomic E-state index is 5.47. The van der Waals surface area contributed by atoms with Crippen molar-refractivity contribution in [3.05, 3.63) is 23.8 Å². The van der Waals surface area contributed by atoms with E-state index >= 15 is 0 Å². The van der Waals surface area contributed by atoms with Crippen LogP contribution in [0.2, 0.25) is 0 Å². The van der Waals surface area contributed by atoms with Crippen molar-refractivity contribution in [2.45, 2.75) is 39.3 Å². The Morgan fingerprint density at radius 1 is 1.14 bits per heavy atom. The molecule has 2 unspecified atom stereocenters. The zero-order chi connectivity index (χ0) is 15.4. The predicted octanol–water partition coefficient (Wildman–Crippen LogP) is 3.04. The van der Waals surface area contributed by atoms with Crippen molar-refractivity contribution in [3.8, 4) is 11.5 Å². The summed E-state index contributed by atoms with van der Waals surface area (Å²) in [6.07, 6.45) is 1.17. The van der Waals surface area contributed by atoms with Crippen LogP contribution in [0, 0.1) is 5.92 Å². The first-order valence-corrected chi connectivity index (χ1v) is 7.76. The van der Waals surface area contributed by atoms with Gasteiger partial charge in [-0.05, 0) is 51.1 Å². The molecule has 4 heteroatoms. The highest BCUT2D eigenvalue weighted by Crippen LogP contribution is 2.34. The summed E-state index contributed by atoms with van der Waals surface area (Å²) < 4.78 is 10.8. The lowest BCUT2D eigenvalue weighted by Gasteiger charge is -2.27. The van der Waals surface area contributed by atoms with E-state index in [-0.39, 0.29) is 0 Å². The van der Waals surface area contributed by atoms with E-state index in [0.29, 0.717) is 24.8 Å². The molecule has 0 saturated heterocycles. The molecule has 0 radical (unpaired) electrons. The summed E-state index contributed by atoms with van der Waals surface area (Å²) in [6.45, 7) is 8.13. The molecule has 0 bridgehead atoms. The number of ether oxygens (including phenoxy) is 2. The molecule has 0 aliphatic carbocycles. The van der Waals surface area contributed by atoms with Crippen LogP contribution in [-0.2, 0) is 0 Å². The standard InChI is InChI=1S/C17H28N2O2/c1-12(2)8-15(10-19(4)5)18-13(3)14-6-7-16-17(9-14)21-11-20-16/h6-7,9,12-13,15,18H,8,10-11H2,1-5H3. The Morgan fingerprint density at radius 2 is 1.86 bits per heavy atom. The first kappa shape index (κ1) is 16.1. The van der Waals surface area contributed by atoms with E-state index in [1.54, 1.807) is 0 Å². The second-order valence-electron chi connectivity index (χ2n) is 6.59. The maximum atomic E-state index is 5.47. The number of rotatable bonds is 7. The Balaban J connectivity index is 2.02. The summed E-state index contributed by atoms with van der Waals surface area (Å²) >= 11 is 0. The fourth-order valence-electron chi connectivity index (χ4n) is 2.84. The van der Waals surface area contributed by atoms with Gasteiger partial charge < -0.3 is 19.7 Å². The van der Waals surface area contributed by atoms with E-state index < -0.39 is 0 Å². The number of nitrogens with one attached hydrogen (secondary N) is 1. The Labute approximate surface area is 128 Å². The molecule has 0 amide bonds. The third-order valence-corrected chi connectivity index (χ3v) is 3.72. The van der Waals surface area contributed by atoms with Crippen LogP contribution in [0.25, 0.3) is 0 Å². The minimum atomic E-state index is 0.295. The molecule has 0 fully saturated rings. The monoisotopic (exact) mass is 292 g/mol. The Morgan fingerprint density at radius 3 is 2.52 bits per heavy atom. The quantitative estimate of drug-likeness (QED) is 0.837. The Bertz CT molecular complexity index is 450. The van der Waals surface area contributed by atoms with Crippen molar-refractivity contribution in [1.29, 1.82) is 0 Å². The molecule has 1 N–H and O–H groups in total. The smallest absolute Gasteiger partial charge is 0.231 e. The van der Waals surface area contributed by atoms with Gasteiger partial charge in [-0.3, -0.25) is 0 Å². The van der Waals surface area contributed by atoms with Crippen molar-refractivity contribution in [3.63, 3.8) is 0 Å². The van der Waals surface area contributed by atoms with Crippen LogP contribution in [0.3, 0.4) is 0 Å². The number of hydrogen-bond donors (Lipinski definition) is 1. The third kappa shape index (κ3) is 4.61. The van der Waals surface area contributed by atoms with Crippen molar-refractivity contribution >= 4 is 0 Å². The molecule has 1 aromatic carbocycles. The van der Waals surface area contributed by atoms with Crippen molar-refractivity contribution in [2.24, 2.45) is 5.92 Å². The maximum Gasteiger partial charge on any atom is 0.231 e. The number of likely N-dealkylation sites (N-methyl/N-ethyl adjacent to an activating group) is 1. The molecule has 0 aromatic heterocycles. The largest absolute Gasteiger partial charge is 0.454 e. The van der Waals surface area contributed by atoms with Gasteiger partial charge in [-0.25, -0.2) is 0 Å². The molecule has 0 spiro atoms. The normalized spacial score (nSPS) is 16.5. The minimum Gasteiger partial charge on any atom is -0.454 e. The average Bonchev–Trinajstić information content (AvgIpc) is 2.83. The molecule has 0 saturated carbocycles. The lowest BCUT2D eigenvalue weighted by Crippen LogP contribution is -2.40. The van der Waals surface area contributed by atoms with Crippen LogP contribution < -0.4 is 14.8 Å². The summed E-state index contributed by atoms with van der Waals surface area (Å²) in [4.78, 5) is 2.24. The van der Waals surface area contributed by atoms with E-state index in [9.17, 15) is 0 Å². The predicted molar refractivity (Wildman–Crippen MR) is 85.9 cm³/mol. The average molecular weight is 292 g/mol. The molecule has 1 aromatic rings. The van der Waals surface area contributed by atoms with Gasteiger partial charge in [0, 0.05) is 18.6 Å². The molecule has 1 aliphatic rings. The highest BCUT2D eigenvalue weighted by molar-refractivity contribution is 5.45. The van der Waals surface area contributed by atoms with Gasteiger partial charge in [-0.1, -0.05) is 19.9 Å². The van der Waals surface area contributed by atoms with Crippen LogP contribution in [0.1, 0.15) is 38.8 Å². The summed E-state index contributed by atoms with van der Waals surface area (Å²) in [5, 5.41) is 3.75. The van der Waals surface area contributed by atoms with E-state index in [4.69, 9.17) is 9.47 Å².